The molecular weight excluding hydrogens is 234 g/mol. The zero-order chi connectivity index (χ0) is 13.1. The first kappa shape index (κ1) is 12.3. The molecule has 1 aliphatic heterocycles. The second kappa shape index (κ2) is 5.00. The van der Waals surface area contributed by atoms with Crippen LogP contribution in [0.3, 0.4) is 0 Å². The van der Waals surface area contributed by atoms with Gasteiger partial charge in [0.1, 0.15) is 5.56 Å². The van der Waals surface area contributed by atoms with Gasteiger partial charge in [0.15, 0.2) is 6.29 Å². The number of rotatable bonds is 3. The second-order valence-electron chi connectivity index (χ2n) is 3.88. The molecular formula is C13H13NO4. The lowest BCUT2D eigenvalue weighted by atomic mass is 10.1. The molecule has 2 heterocycles. The summed E-state index contributed by atoms with van der Waals surface area (Å²) in [4.78, 5) is 34.8. The van der Waals surface area contributed by atoms with Crippen molar-refractivity contribution in [3.05, 3.63) is 39.3 Å². The zero-order valence-electron chi connectivity index (χ0n) is 10.0. The number of aromatic nitrogens is 1. The molecule has 1 aliphatic rings. The van der Waals surface area contributed by atoms with Crippen LogP contribution < -0.4 is 5.56 Å². The highest BCUT2D eigenvalue weighted by Crippen LogP contribution is 2.15. The van der Waals surface area contributed by atoms with Crippen LogP contribution in [0.2, 0.25) is 0 Å². The van der Waals surface area contributed by atoms with Crippen molar-refractivity contribution in [1.82, 2.24) is 4.57 Å². The van der Waals surface area contributed by atoms with Crippen LogP contribution in [0.5, 0.6) is 0 Å². The summed E-state index contributed by atoms with van der Waals surface area (Å²) < 4.78 is 6.25. The number of allylic oxidation sites excluding steroid dienone is 1. The van der Waals surface area contributed by atoms with E-state index in [1.54, 1.807) is 13.0 Å². The molecule has 5 heteroatoms. The van der Waals surface area contributed by atoms with Gasteiger partial charge in [-0.1, -0.05) is 6.08 Å². The predicted octanol–water partition coefficient (Wildman–Crippen LogP) is 1.25. The van der Waals surface area contributed by atoms with Crippen molar-refractivity contribution >= 4 is 18.3 Å². The van der Waals surface area contributed by atoms with Gasteiger partial charge in [0, 0.05) is 12.1 Å². The Hall–Kier alpha value is -2.17. The third-order valence-electron chi connectivity index (χ3n) is 2.78. The molecule has 0 fully saturated rings. The molecule has 94 valence electrons. The molecule has 2 rings (SSSR count). The lowest BCUT2D eigenvalue weighted by molar-refractivity contribution is 0.0523. The topological polar surface area (TPSA) is 65.4 Å². The molecule has 0 bridgehead atoms. The van der Waals surface area contributed by atoms with E-state index < -0.39 is 11.5 Å². The van der Waals surface area contributed by atoms with Crippen LogP contribution in [0.4, 0.5) is 0 Å². The summed E-state index contributed by atoms with van der Waals surface area (Å²) in [5, 5.41) is 0. The largest absolute Gasteiger partial charge is 0.462 e. The minimum absolute atomic E-state index is 0.0852. The van der Waals surface area contributed by atoms with E-state index in [0.717, 1.165) is 0 Å². The van der Waals surface area contributed by atoms with E-state index in [2.05, 4.69) is 0 Å². The van der Waals surface area contributed by atoms with E-state index in [1.807, 2.05) is 6.08 Å². The van der Waals surface area contributed by atoms with Gasteiger partial charge in [-0.05, 0) is 25.5 Å². The quantitative estimate of drug-likeness (QED) is 0.595. The van der Waals surface area contributed by atoms with Crippen LogP contribution in [0, 0.1) is 0 Å². The zero-order valence-corrected chi connectivity index (χ0v) is 10.0. The van der Waals surface area contributed by atoms with Crippen LogP contribution in [-0.4, -0.2) is 23.4 Å². The number of nitrogens with zero attached hydrogens (tertiary/aromatic N) is 1. The lowest BCUT2D eigenvalue weighted by Gasteiger charge is -2.16. The van der Waals surface area contributed by atoms with E-state index in [1.165, 1.54) is 10.6 Å². The van der Waals surface area contributed by atoms with Crippen LogP contribution in [0.15, 0.2) is 16.9 Å². The summed E-state index contributed by atoms with van der Waals surface area (Å²) in [7, 11) is 0. The van der Waals surface area contributed by atoms with E-state index in [9.17, 15) is 14.4 Å². The number of fused-ring (bicyclic) bond motifs is 1. The van der Waals surface area contributed by atoms with Gasteiger partial charge in [-0.3, -0.25) is 9.59 Å². The monoisotopic (exact) mass is 247 g/mol. The Balaban J connectivity index is 2.64. The number of hydrogen-bond acceptors (Lipinski definition) is 4. The van der Waals surface area contributed by atoms with Gasteiger partial charge < -0.3 is 9.30 Å². The SMILES string of the molecule is CCOC(=O)c1cc(C=O)c2n(c1=O)CCC=C2. The number of carbonyl (C=O) groups excluding carboxylic acids is 2. The number of ether oxygens (including phenoxy) is 1. The Morgan fingerprint density at radius 1 is 1.56 bits per heavy atom. The second-order valence-corrected chi connectivity index (χ2v) is 3.88. The molecule has 0 spiro atoms. The maximum atomic E-state index is 12.1. The molecule has 1 aromatic heterocycles. The molecule has 0 aliphatic carbocycles. The molecule has 5 nitrogen and oxygen atoms in total. The van der Waals surface area contributed by atoms with Crippen LogP contribution in [-0.2, 0) is 11.3 Å². The highest BCUT2D eigenvalue weighted by molar-refractivity contribution is 5.92. The van der Waals surface area contributed by atoms with Gasteiger partial charge in [-0.2, -0.15) is 0 Å². The molecule has 0 amide bonds. The van der Waals surface area contributed by atoms with Crippen LogP contribution in [0.25, 0.3) is 6.08 Å². The molecule has 0 N–H and O–H groups in total. The Labute approximate surface area is 104 Å². The Bertz CT molecular complexity index is 583. The smallest absolute Gasteiger partial charge is 0.343 e. The number of hydrogen-bond donors (Lipinski definition) is 0. The van der Waals surface area contributed by atoms with E-state index >= 15 is 0 Å². The van der Waals surface area contributed by atoms with Crippen LogP contribution in [0.1, 0.15) is 39.8 Å². The number of aldehydes is 1. The molecule has 0 saturated heterocycles. The standard InChI is InChI=1S/C13H13NO4/c1-2-18-13(17)10-7-9(8-15)11-5-3-4-6-14(11)12(10)16/h3,5,7-8H,2,4,6H2,1H3. The van der Waals surface area contributed by atoms with Crippen molar-refractivity contribution in [2.24, 2.45) is 0 Å². The summed E-state index contributed by atoms with van der Waals surface area (Å²) in [6.45, 7) is 2.33. The van der Waals surface area contributed by atoms with Crippen molar-refractivity contribution in [3.63, 3.8) is 0 Å². The number of carbonyl (C=O) groups is 2. The van der Waals surface area contributed by atoms with Gasteiger partial charge in [0.25, 0.3) is 5.56 Å². The van der Waals surface area contributed by atoms with Crippen molar-refractivity contribution < 1.29 is 14.3 Å². The summed E-state index contributed by atoms with van der Waals surface area (Å²) in [5.74, 6) is -0.685. The normalized spacial score (nSPS) is 12.9. The first-order valence-electron chi connectivity index (χ1n) is 5.75. The van der Waals surface area contributed by atoms with Crippen molar-refractivity contribution in [3.8, 4) is 0 Å². The predicted molar refractivity (Wildman–Crippen MR) is 65.7 cm³/mol. The lowest BCUT2D eigenvalue weighted by Crippen LogP contribution is -2.31. The molecule has 0 aromatic carbocycles. The van der Waals surface area contributed by atoms with Gasteiger partial charge >= 0.3 is 5.97 Å². The highest BCUT2D eigenvalue weighted by atomic mass is 16.5. The average Bonchev–Trinajstić information content (AvgIpc) is 2.40. The maximum Gasteiger partial charge on any atom is 0.343 e. The first-order valence-corrected chi connectivity index (χ1v) is 5.75. The van der Waals surface area contributed by atoms with Crippen molar-refractivity contribution in [2.75, 3.05) is 6.61 Å². The van der Waals surface area contributed by atoms with Gasteiger partial charge in [-0.25, -0.2) is 4.79 Å². The minimum Gasteiger partial charge on any atom is -0.462 e. The Kier molecular flexibility index (Phi) is 3.41. The number of esters is 1. The van der Waals surface area contributed by atoms with Crippen molar-refractivity contribution in [1.29, 1.82) is 0 Å². The highest BCUT2D eigenvalue weighted by Gasteiger charge is 2.19. The van der Waals surface area contributed by atoms with E-state index in [0.29, 0.717) is 30.5 Å². The summed E-state index contributed by atoms with van der Waals surface area (Å²) in [6.07, 6.45) is 4.97. The molecule has 18 heavy (non-hydrogen) atoms. The molecule has 0 radical (unpaired) electrons. The molecule has 0 saturated carbocycles. The maximum absolute atomic E-state index is 12.1. The van der Waals surface area contributed by atoms with Crippen molar-refractivity contribution in [2.45, 2.75) is 19.9 Å². The third kappa shape index (κ3) is 1.99. The first-order chi connectivity index (χ1) is 8.69. The molecule has 0 atom stereocenters. The number of pyridine rings is 1. The summed E-state index contributed by atoms with van der Waals surface area (Å²) in [5.41, 5.74) is 0.388. The fourth-order valence-corrected chi connectivity index (χ4v) is 1.96. The van der Waals surface area contributed by atoms with Gasteiger partial charge in [-0.15, -0.1) is 0 Å². The molecule has 1 aromatic rings. The fraction of sp³-hybridized carbons (Fsp3) is 0.308. The fourth-order valence-electron chi connectivity index (χ4n) is 1.96. The summed E-state index contributed by atoms with van der Waals surface area (Å²) >= 11 is 0. The Morgan fingerprint density at radius 3 is 3.00 bits per heavy atom. The van der Waals surface area contributed by atoms with Gasteiger partial charge in [0.05, 0.1) is 12.3 Å². The minimum atomic E-state index is -0.685. The van der Waals surface area contributed by atoms with Crippen LogP contribution >= 0.6 is 0 Å². The average molecular weight is 247 g/mol. The Morgan fingerprint density at radius 2 is 2.33 bits per heavy atom. The third-order valence-corrected chi connectivity index (χ3v) is 2.78. The van der Waals surface area contributed by atoms with E-state index in [4.69, 9.17) is 4.74 Å². The van der Waals surface area contributed by atoms with E-state index in [-0.39, 0.29) is 12.2 Å². The molecule has 0 unspecified atom stereocenters. The van der Waals surface area contributed by atoms with Gasteiger partial charge in [0.2, 0.25) is 0 Å². The summed E-state index contributed by atoms with van der Waals surface area (Å²) in [6, 6.07) is 1.30.